The quantitative estimate of drug-likeness (QED) is 0.781. The molecule has 1 fully saturated rings. The molecule has 0 radical (unpaired) electrons. The Kier molecular flexibility index (Phi) is 6.51. The fourth-order valence-corrected chi connectivity index (χ4v) is 3.07. The highest BCUT2D eigenvalue weighted by Crippen LogP contribution is 2.12. The van der Waals surface area contributed by atoms with E-state index in [1.165, 1.54) is 7.11 Å². The zero-order valence-electron chi connectivity index (χ0n) is 15.4. The van der Waals surface area contributed by atoms with Crippen molar-refractivity contribution in [3.05, 3.63) is 59.9 Å². The van der Waals surface area contributed by atoms with Crippen LogP contribution in [0.25, 0.3) is 0 Å². The maximum Gasteiger partial charge on any atom is 0.337 e. The molecular formula is C20H24N4O3. The summed E-state index contributed by atoms with van der Waals surface area (Å²) in [6, 6.07) is 12.7. The van der Waals surface area contributed by atoms with E-state index in [-0.39, 0.29) is 5.91 Å². The molecule has 1 aromatic carbocycles. The van der Waals surface area contributed by atoms with Gasteiger partial charge in [-0.15, -0.1) is 0 Å². The average Bonchev–Trinajstić information content (AvgIpc) is 2.70. The van der Waals surface area contributed by atoms with E-state index in [0.717, 1.165) is 38.4 Å². The number of nitrogens with zero attached hydrogens (tertiary/aromatic N) is 3. The van der Waals surface area contributed by atoms with Gasteiger partial charge in [-0.2, -0.15) is 0 Å². The SMILES string of the molecule is COC(=O)c1cccc(NC(=O)CN2CCN(Cc3ccccn3)CC2)c1. The van der Waals surface area contributed by atoms with Crippen LogP contribution in [0.2, 0.25) is 0 Å². The summed E-state index contributed by atoms with van der Waals surface area (Å²) in [5.41, 5.74) is 2.07. The first kappa shape index (κ1) is 19.0. The van der Waals surface area contributed by atoms with Gasteiger partial charge in [0, 0.05) is 44.6 Å². The molecule has 1 saturated heterocycles. The number of piperazine rings is 1. The van der Waals surface area contributed by atoms with E-state index in [2.05, 4.69) is 20.1 Å². The highest BCUT2D eigenvalue weighted by Gasteiger charge is 2.19. The summed E-state index contributed by atoms with van der Waals surface area (Å²) < 4.78 is 4.70. The van der Waals surface area contributed by atoms with E-state index < -0.39 is 5.97 Å². The van der Waals surface area contributed by atoms with Crippen molar-refractivity contribution in [2.75, 3.05) is 45.2 Å². The predicted molar refractivity (Wildman–Crippen MR) is 102 cm³/mol. The lowest BCUT2D eigenvalue weighted by Crippen LogP contribution is -2.48. The van der Waals surface area contributed by atoms with Gasteiger partial charge in [0.2, 0.25) is 5.91 Å². The fraction of sp³-hybridized carbons (Fsp3) is 0.350. The number of methoxy groups -OCH3 is 1. The Morgan fingerprint density at radius 1 is 1.07 bits per heavy atom. The second kappa shape index (κ2) is 9.25. The topological polar surface area (TPSA) is 74.8 Å². The summed E-state index contributed by atoms with van der Waals surface area (Å²) in [5.74, 6) is -0.509. The molecule has 0 spiro atoms. The molecule has 7 nitrogen and oxygen atoms in total. The molecule has 1 amide bonds. The number of ether oxygens (including phenoxy) is 1. The zero-order valence-corrected chi connectivity index (χ0v) is 15.4. The van der Waals surface area contributed by atoms with Crippen LogP contribution in [0.4, 0.5) is 5.69 Å². The third kappa shape index (κ3) is 5.60. The Morgan fingerprint density at radius 2 is 1.85 bits per heavy atom. The largest absolute Gasteiger partial charge is 0.465 e. The molecule has 0 atom stereocenters. The normalized spacial score (nSPS) is 15.3. The van der Waals surface area contributed by atoms with Crippen molar-refractivity contribution in [2.24, 2.45) is 0 Å². The predicted octanol–water partition coefficient (Wildman–Crippen LogP) is 1.62. The molecule has 27 heavy (non-hydrogen) atoms. The number of benzene rings is 1. The first-order valence-corrected chi connectivity index (χ1v) is 8.97. The molecule has 0 saturated carbocycles. The van der Waals surface area contributed by atoms with Crippen LogP contribution in [-0.2, 0) is 16.1 Å². The van der Waals surface area contributed by atoms with Crippen LogP contribution in [0.1, 0.15) is 16.1 Å². The minimum atomic E-state index is -0.421. The number of carbonyl (C=O) groups is 2. The van der Waals surface area contributed by atoms with E-state index in [1.807, 2.05) is 24.4 Å². The Hall–Kier alpha value is -2.77. The number of amides is 1. The maximum atomic E-state index is 12.3. The van der Waals surface area contributed by atoms with Crippen molar-refractivity contribution >= 4 is 17.6 Å². The fourth-order valence-electron chi connectivity index (χ4n) is 3.07. The van der Waals surface area contributed by atoms with E-state index >= 15 is 0 Å². The van der Waals surface area contributed by atoms with E-state index in [9.17, 15) is 9.59 Å². The third-order valence-electron chi connectivity index (χ3n) is 4.51. The van der Waals surface area contributed by atoms with Crippen molar-refractivity contribution in [3.8, 4) is 0 Å². The Morgan fingerprint density at radius 3 is 2.56 bits per heavy atom. The molecule has 2 heterocycles. The highest BCUT2D eigenvalue weighted by atomic mass is 16.5. The first-order valence-electron chi connectivity index (χ1n) is 8.97. The summed E-state index contributed by atoms with van der Waals surface area (Å²) in [5, 5.41) is 2.85. The number of anilines is 1. The number of nitrogens with one attached hydrogen (secondary N) is 1. The number of hydrogen-bond acceptors (Lipinski definition) is 6. The van der Waals surface area contributed by atoms with E-state index in [1.54, 1.807) is 24.3 Å². The van der Waals surface area contributed by atoms with Gasteiger partial charge in [-0.1, -0.05) is 12.1 Å². The Labute approximate surface area is 158 Å². The zero-order chi connectivity index (χ0) is 19.1. The lowest BCUT2D eigenvalue weighted by atomic mass is 10.2. The highest BCUT2D eigenvalue weighted by molar-refractivity contribution is 5.95. The number of rotatable bonds is 6. The van der Waals surface area contributed by atoms with Crippen LogP contribution in [0, 0.1) is 0 Å². The molecule has 0 bridgehead atoms. The third-order valence-corrected chi connectivity index (χ3v) is 4.51. The Balaban J connectivity index is 1.45. The van der Waals surface area contributed by atoms with Crippen LogP contribution in [0.3, 0.4) is 0 Å². The van der Waals surface area contributed by atoms with Crippen molar-refractivity contribution in [1.82, 2.24) is 14.8 Å². The molecule has 0 aliphatic carbocycles. The number of hydrogen-bond donors (Lipinski definition) is 1. The van der Waals surface area contributed by atoms with Gasteiger partial charge >= 0.3 is 5.97 Å². The van der Waals surface area contributed by atoms with Crippen LogP contribution < -0.4 is 5.32 Å². The average molecular weight is 368 g/mol. The second-order valence-corrected chi connectivity index (χ2v) is 6.49. The molecule has 1 aromatic heterocycles. The lowest BCUT2D eigenvalue weighted by Gasteiger charge is -2.34. The smallest absolute Gasteiger partial charge is 0.337 e. The molecule has 1 aliphatic rings. The van der Waals surface area contributed by atoms with Gasteiger partial charge in [-0.25, -0.2) is 4.79 Å². The van der Waals surface area contributed by atoms with E-state index in [0.29, 0.717) is 17.8 Å². The van der Waals surface area contributed by atoms with Crippen LogP contribution in [-0.4, -0.2) is 66.5 Å². The standard InChI is InChI=1S/C20H24N4O3/c1-27-20(26)16-5-4-7-17(13-16)22-19(25)15-24-11-9-23(10-12-24)14-18-6-2-3-8-21-18/h2-8,13H,9-12,14-15H2,1H3,(H,22,25). The molecular weight excluding hydrogens is 344 g/mol. The number of esters is 1. The summed E-state index contributed by atoms with van der Waals surface area (Å²) >= 11 is 0. The molecule has 7 heteroatoms. The summed E-state index contributed by atoms with van der Waals surface area (Å²) in [6.45, 7) is 4.65. The van der Waals surface area contributed by atoms with Crippen LogP contribution >= 0.6 is 0 Å². The first-order chi connectivity index (χ1) is 13.1. The van der Waals surface area contributed by atoms with Gasteiger partial charge in [-0.05, 0) is 30.3 Å². The molecule has 142 valence electrons. The van der Waals surface area contributed by atoms with Gasteiger partial charge < -0.3 is 10.1 Å². The molecule has 2 aromatic rings. The maximum absolute atomic E-state index is 12.3. The number of carbonyl (C=O) groups excluding carboxylic acids is 2. The number of pyridine rings is 1. The molecule has 1 aliphatic heterocycles. The van der Waals surface area contributed by atoms with Crippen molar-refractivity contribution in [1.29, 1.82) is 0 Å². The van der Waals surface area contributed by atoms with Crippen molar-refractivity contribution in [2.45, 2.75) is 6.54 Å². The van der Waals surface area contributed by atoms with Crippen molar-refractivity contribution < 1.29 is 14.3 Å². The van der Waals surface area contributed by atoms with Crippen LogP contribution in [0.5, 0.6) is 0 Å². The summed E-state index contributed by atoms with van der Waals surface area (Å²) in [6.07, 6.45) is 1.81. The monoisotopic (exact) mass is 368 g/mol. The summed E-state index contributed by atoms with van der Waals surface area (Å²) in [4.78, 5) is 32.7. The number of aromatic nitrogens is 1. The lowest BCUT2D eigenvalue weighted by molar-refractivity contribution is -0.117. The second-order valence-electron chi connectivity index (χ2n) is 6.49. The minimum Gasteiger partial charge on any atom is -0.465 e. The summed E-state index contributed by atoms with van der Waals surface area (Å²) in [7, 11) is 1.33. The van der Waals surface area contributed by atoms with Gasteiger partial charge in [-0.3, -0.25) is 19.6 Å². The van der Waals surface area contributed by atoms with Gasteiger partial charge in [0.25, 0.3) is 0 Å². The van der Waals surface area contributed by atoms with Gasteiger partial charge in [0.15, 0.2) is 0 Å². The van der Waals surface area contributed by atoms with Crippen LogP contribution in [0.15, 0.2) is 48.7 Å². The molecule has 1 N–H and O–H groups in total. The van der Waals surface area contributed by atoms with Gasteiger partial charge in [0.1, 0.15) is 0 Å². The van der Waals surface area contributed by atoms with Crippen molar-refractivity contribution in [3.63, 3.8) is 0 Å². The van der Waals surface area contributed by atoms with Gasteiger partial charge in [0.05, 0.1) is 24.9 Å². The molecule has 0 unspecified atom stereocenters. The minimum absolute atomic E-state index is 0.0878. The van der Waals surface area contributed by atoms with E-state index in [4.69, 9.17) is 4.74 Å². The molecule has 3 rings (SSSR count). The Bertz CT molecular complexity index is 774.